The number of rotatable bonds is 2. The maximum Gasteiger partial charge on any atom is 0.372 e. The topological polar surface area (TPSA) is 29.7 Å². The molecule has 3 aromatic carbocycles. The fourth-order valence-electron chi connectivity index (χ4n) is 3.25. The number of hydrogen-bond acceptors (Lipinski definition) is 3. The van der Waals surface area contributed by atoms with E-state index < -0.39 is 0 Å². The minimum absolute atomic E-state index is 0.238. The lowest BCUT2D eigenvalue weighted by molar-refractivity contribution is -0.588. The first-order chi connectivity index (χ1) is 12.8. The van der Waals surface area contributed by atoms with E-state index in [2.05, 4.69) is 52.4 Å². The summed E-state index contributed by atoms with van der Waals surface area (Å²) in [5.41, 5.74) is 2.05. The highest BCUT2D eigenvalue weighted by Gasteiger charge is 2.20. The van der Waals surface area contributed by atoms with Gasteiger partial charge in [-0.25, -0.2) is 0 Å². The van der Waals surface area contributed by atoms with E-state index in [-0.39, 0.29) is 5.28 Å². The van der Waals surface area contributed by atoms with Crippen LogP contribution in [0.1, 0.15) is 0 Å². The van der Waals surface area contributed by atoms with Gasteiger partial charge in [-0.15, -0.1) is 11.3 Å². The van der Waals surface area contributed by atoms with Crippen LogP contribution in [0.15, 0.2) is 79.1 Å². The second-order valence-electron chi connectivity index (χ2n) is 5.93. The second kappa shape index (κ2) is 6.16. The number of fused-ring (bicyclic) bond motifs is 3. The Kier molecular flexibility index (Phi) is 3.66. The molecule has 26 heavy (non-hydrogen) atoms. The summed E-state index contributed by atoms with van der Waals surface area (Å²) in [7, 11) is 0. The summed E-state index contributed by atoms with van der Waals surface area (Å²) in [6.45, 7) is 0. The molecule has 0 saturated heterocycles. The van der Waals surface area contributed by atoms with E-state index in [9.17, 15) is 0 Å². The second-order valence-corrected chi connectivity index (χ2v) is 7.36. The van der Waals surface area contributed by atoms with Gasteiger partial charge in [0.2, 0.25) is 6.33 Å². The average molecular weight is 375 g/mol. The molecule has 0 aliphatic carbocycles. The zero-order valence-electron chi connectivity index (χ0n) is 13.6. The Balaban J connectivity index is 1.87. The van der Waals surface area contributed by atoms with E-state index in [4.69, 9.17) is 11.6 Å². The molecule has 2 heterocycles. The van der Waals surface area contributed by atoms with Gasteiger partial charge in [0.1, 0.15) is 5.69 Å². The number of halogens is 1. The summed E-state index contributed by atoms with van der Waals surface area (Å²) in [6, 6.07) is 24.8. The largest absolute Gasteiger partial charge is 0.372 e. The Hall–Kier alpha value is -2.82. The van der Waals surface area contributed by atoms with Gasteiger partial charge in [-0.3, -0.25) is 0 Å². The molecule has 3 nitrogen and oxygen atoms in total. The van der Waals surface area contributed by atoms with E-state index in [1.54, 1.807) is 17.7 Å². The van der Waals surface area contributed by atoms with Gasteiger partial charge in [0.25, 0.3) is 5.82 Å². The van der Waals surface area contributed by atoms with Crippen LogP contribution >= 0.6 is 22.9 Å². The van der Waals surface area contributed by atoms with Crippen molar-refractivity contribution in [1.29, 1.82) is 0 Å². The lowest BCUT2D eigenvalue weighted by atomic mass is 10.1. The molecule has 0 bridgehead atoms. The fraction of sp³-hybridized carbons (Fsp3) is 0. The quantitative estimate of drug-likeness (QED) is 0.385. The van der Waals surface area contributed by atoms with Crippen LogP contribution < -0.4 is 4.57 Å². The first-order valence-corrected chi connectivity index (χ1v) is 9.41. The highest BCUT2D eigenvalue weighted by molar-refractivity contribution is 7.25. The summed E-state index contributed by atoms with van der Waals surface area (Å²) in [5.74, 6) is 0.772. The molecule has 5 rings (SSSR count). The summed E-state index contributed by atoms with van der Waals surface area (Å²) >= 11 is 7.91. The Morgan fingerprint density at radius 3 is 2.46 bits per heavy atom. The van der Waals surface area contributed by atoms with E-state index in [0.29, 0.717) is 0 Å². The summed E-state index contributed by atoms with van der Waals surface area (Å²) in [5, 5.41) is 2.69. The van der Waals surface area contributed by atoms with Crippen LogP contribution in [0.25, 0.3) is 37.2 Å². The van der Waals surface area contributed by atoms with Crippen LogP contribution in [-0.2, 0) is 0 Å². The van der Waals surface area contributed by atoms with Gasteiger partial charge in [-0.05, 0) is 41.9 Å². The van der Waals surface area contributed by atoms with Crippen molar-refractivity contribution < 1.29 is 4.57 Å². The molecule has 0 atom stereocenters. The van der Waals surface area contributed by atoms with Gasteiger partial charge in [-0.1, -0.05) is 52.4 Å². The van der Waals surface area contributed by atoms with Gasteiger partial charge < -0.3 is 0 Å². The average Bonchev–Trinajstić information content (AvgIpc) is 3.07. The highest BCUT2D eigenvalue weighted by Crippen LogP contribution is 2.36. The Morgan fingerprint density at radius 1 is 0.808 bits per heavy atom. The van der Waals surface area contributed by atoms with E-state index in [0.717, 1.165) is 17.1 Å². The fourth-order valence-corrected chi connectivity index (χ4v) is 4.50. The molecule has 0 N–H and O–H groups in total. The van der Waals surface area contributed by atoms with Crippen molar-refractivity contribution in [2.75, 3.05) is 0 Å². The lowest BCUT2D eigenvalue weighted by Gasteiger charge is -2.07. The summed E-state index contributed by atoms with van der Waals surface area (Å²) in [4.78, 5) is 8.75. The van der Waals surface area contributed by atoms with Gasteiger partial charge in [0, 0.05) is 20.2 Å². The predicted octanol–water partition coefficient (Wildman–Crippen LogP) is 5.44. The van der Waals surface area contributed by atoms with Crippen molar-refractivity contribution in [3.05, 3.63) is 84.4 Å². The summed E-state index contributed by atoms with van der Waals surface area (Å²) in [6.07, 6.45) is 1.75. The molecule has 124 valence electrons. The number of nitrogens with zero attached hydrogens (tertiary/aromatic N) is 3. The summed E-state index contributed by atoms with van der Waals surface area (Å²) < 4.78 is 4.53. The van der Waals surface area contributed by atoms with Crippen LogP contribution in [0.3, 0.4) is 0 Å². The lowest BCUT2D eigenvalue weighted by Crippen LogP contribution is -2.35. The van der Waals surface area contributed by atoms with Gasteiger partial charge in [0.15, 0.2) is 0 Å². The van der Waals surface area contributed by atoms with Crippen molar-refractivity contribution in [2.24, 2.45) is 0 Å². The maximum absolute atomic E-state index is 6.11. The van der Waals surface area contributed by atoms with E-state index in [1.807, 2.05) is 34.9 Å². The first-order valence-electron chi connectivity index (χ1n) is 8.21. The maximum atomic E-state index is 6.11. The number of benzene rings is 3. The molecule has 0 fully saturated rings. The third kappa shape index (κ3) is 2.46. The molecule has 2 aromatic heterocycles. The number of aromatic nitrogens is 3. The minimum atomic E-state index is 0.238. The molecule has 0 aliphatic rings. The van der Waals surface area contributed by atoms with Crippen molar-refractivity contribution in [1.82, 2.24) is 9.97 Å². The molecular formula is C21H13ClN3S+. The standard InChI is InChI=1S/C21H13ClN3S/c22-21-23-13-25(20(24-21)14-7-2-1-3-8-14)16-10-6-12-18-19(16)15-9-4-5-11-17(15)26-18/h1-13H/q+1. The smallest absolute Gasteiger partial charge is 0.198 e. The normalized spacial score (nSPS) is 11.3. The monoisotopic (exact) mass is 374 g/mol. The van der Waals surface area contributed by atoms with Gasteiger partial charge >= 0.3 is 5.28 Å². The van der Waals surface area contributed by atoms with E-state index in [1.165, 1.54) is 20.2 Å². The van der Waals surface area contributed by atoms with Crippen molar-refractivity contribution in [2.45, 2.75) is 0 Å². The Bertz CT molecular complexity index is 1250. The van der Waals surface area contributed by atoms with Gasteiger partial charge in [-0.2, -0.15) is 4.57 Å². The molecule has 0 amide bonds. The Morgan fingerprint density at radius 2 is 1.58 bits per heavy atom. The molecule has 0 saturated carbocycles. The van der Waals surface area contributed by atoms with Crippen LogP contribution in [0.2, 0.25) is 5.28 Å². The van der Waals surface area contributed by atoms with Crippen molar-refractivity contribution >= 4 is 43.1 Å². The third-order valence-electron chi connectivity index (χ3n) is 4.38. The molecule has 5 aromatic rings. The zero-order valence-corrected chi connectivity index (χ0v) is 15.2. The molecule has 0 unspecified atom stereocenters. The number of thiophene rings is 1. The number of hydrogen-bond donors (Lipinski definition) is 0. The SMILES string of the molecule is Clc1nc[n+](-c2cccc3sc4ccccc4c23)c(-c2ccccc2)n1. The zero-order chi connectivity index (χ0) is 17.5. The van der Waals surface area contributed by atoms with E-state index >= 15 is 0 Å². The van der Waals surface area contributed by atoms with Crippen LogP contribution in [0.5, 0.6) is 0 Å². The molecule has 5 heteroatoms. The van der Waals surface area contributed by atoms with Crippen LogP contribution in [-0.4, -0.2) is 9.97 Å². The van der Waals surface area contributed by atoms with Gasteiger partial charge in [0.05, 0.1) is 5.56 Å². The Labute approximate surface area is 159 Å². The van der Waals surface area contributed by atoms with Crippen LogP contribution in [0, 0.1) is 0 Å². The first kappa shape index (κ1) is 15.4. The van der Waals surface area contributed by atoms with Crippen LogP contribution in [0.4, 0.5) is 0 Å². The minimum Gasteiger partial charge on any atom is -0.198 e. The molecule has 0 spiro atoms. The third-order valence-corrected chi connectivity index (χ3v) is 5.70. The molecular weight excluding hydrogens is 362 g/mol. The molecule has 0 aliphatic heterocycles. The molecule has 0 radical (unpaired) electrons. The van der Waals surface area contributed by atoms with Crippen molar-refractivity contribution in [3.8, 4) is 17.1 Å². The predicted molar refractivity (Wildman–Crippen MR) is 107 cm³/mol. The highest BCUT2D eigenvalue weighted by atomic mass is 35.5. The van der Waals surface area contributed by atoms with Crippen molar-refractivity contribution in [3.63, 3.8) is 0 Å².